The van der Waals surface area contributed by atoms with Gasteiger partial charge in [0.1, 0.15) is 0 Å². The van der Waals surface area contributed by atoms with Gasteiger partial charge >= 0.3 is 0 Å². The molecule has 0 spiro atoms. The van der Waals surface area contributed by atoms with Gasteiger partial charge in [-0.25, -0.2) is 4.68 Å². The van der Waals surface area contributed by atoms with E-state index in [1.54, 1.807) is 16.8 Å². The number of carbonyl (C=O) groups is 1. The van der Waals surface area contributed by atoms with Gasteiger partial charge in [-0.05, 0) is 51.4 Å². The molecule has 1 aliphatic heterocycles. The summed E-state index contributed by atoms with van der Waals surface area (Å²) in [7, 11) is 0. The predicted molar refractivity (Wildman–Crippen MR) is 108 cm³/mol. The number of halogens is 3. The van der Waals surface area contributed by atoms with Crippen LogP contribution in [0.2, 0.25) is 10.0 Å². The molecule has 26 heavy (non-hydrogen) atoms. The molecule has 1 amide bonds. The molecule has 5 nitrogen and oxygen atoms in total. The van der Waals surface area contributed by atoms with Crippen molar-refractivity contribution in [1.29, 1.82) is 0 Å². The first-order chi connectivity index (χ1) is 12.0. The summed E-state index contributed by atoms with van der Waals surface area (Å²) in [6.45, 7) is 5.73. The fourth-order valence-corrected chi connectivity index (χ4v) is 3.72. The Morgan fingerprint density at radius 3 is 2.81 bits per heavy atom. The van der Waals surface area contributed by atoms with Gasteiger partial charge in [0.15, 0.2) is 0 Å². The van der Waals surface area contributed by atoms with Crippen LogP contribution in [0.5, 0.6) is 0 Å². The first-order valence-electron chi connectivity index (χ1n) is 8.46. The smallest absolute Gasteiger partial charge is 0.224 e. The molecule has 1 atom stereocenters. The van der Waals surface area contributed by atoms with Crippen LogP contribution in [0.15, 0.2) is 18.2 Å². The first-order valence-corrected chi connectivity index (χ1v) is 9.22. The molecular weight excluding hydrogens is 395 g/mol. The maximum absolute atomic E-state index is 12.4. The van der Waals surface area contributed by atoms with Crippen molar-refractivity contribution < 1.29 is 4.79 Å². The lowest BCUT2D eigenvalue weighted by atomic mass is 10.1. The lowest BCUT2D eigenvalue weighted by Gasteiger charge is -2.23. The van der Waals surface area contributed by atoms with Crippen LogP contribution in [0, 0.1) is 13.8 Å². The van der Waals surface area contributed by atoms with E-state index >= 15 is 0 Å². The molecule has 1 fully saturated rings. The quantitative estimate of drug-likeness (QED) is 0.798. The molecule has 1 aliphatic rings. The number of benzene rings is 1. The van der Waals surface area contributed by atoms with Crippen molar-refractivity contribution in [2.45, 2.75) is 39.2 Å². The predicted octanol–water partition coefficient (Wildman–Crippen LogP) is 3.63. The monoisotopic (exact) mass is 416 g/mol. The second kappa shape index (κ2) is 9.09. The topological polar surface area (TPSA) is 59.0 Å². The third-order valence-corrected chi connectivity index (χ3v) is 5.12. The molecule has 0 radical (unpaired) electrons. The van der Waals surface area contributed by atoms with Crippen LogP contribution in [0.4, 0.5) is 0 Å². The maximum atomic E-state index is 12.4. The second-order valence-electron chi connectivity index (χ2n) is 6.44. The van der Waals surface area contributed by atoms with Crippen LogP contribution in [-0.4, -0.2) is 34.8 Å². The minimum Gasteiger partial charge on any atom is -0.352 e. The molecule has 142 valence electrons. The average Bonchev–Trinajstić information content (AvgIpc) is 2.84. The van der Waals surface area contributed by atoms with Crippen molar-refractivity contribution in [3.8, 4) is 5.69 Å². The summed E-state index contributed by atoms with van der Waals surface area (Å²) < 4.78 is 1.78. The van der Waals surface area contributed by atoms with Gasteiger partial charge in [0, 0.05) is 28.9 Å². The van der Waals surface area contributed by atoms with E-state index < -0.39 is 0 Å². The normalized spacial score (nSPS) is 16.8. The van der Waals surface area contributed by atoms with Gasteiger partial charge in [0.05, 0.1) is 22.8 Å². The summed E-state index contributed by atoms with van der Waals surface area (Å²) in [6, 6.07) is 5.52. The molecule has 0 unspecified atom stereocenters. The largest absolute Gasteiger partial charge is 0.352 e. The molecule has 2 N–H and O–H groups in total. The SMILES string of the molecule is Cc1nn(-c2ccc(Cl)cc2Cl)c(C)c1CC(=O)N[C@H]1CCCNC1.Cl. The highest BCUT2D eigenvalue weighted by Gasteiger charge is 2.20. The Kier molecular flexibility index (Phi) is 7.35. The van der Waals surface area contributed by atoms with Gasteiger partial charge in [-0.15, -0.1) is 12.4 Å². The second-order valence-corrected chi connectivity index (χ2v) is 7.29. The Morgan fingerprint density at radius 1 is 1.38 bits per heavy atom. The number of piperidine rings is 1. The van der Waals surface area contributed by atoms with E-state index in [4.69, 9.17) is 23.2 Å². The Labute approximate surface area is 169 Å². The van der Waals surface area contributed by atoms with Crippen LogP contribution in [-0.2, 0) is 11.2 Å². The third kappa shape index (κ3) is 4.71. The molecule has 2 aromatic rings. The van der Waals surface area contributed by atoms with Crippen molar-refractivity contribution >= 4 is 41.5 Å². The standard InChI is InChI=1S/C18H22Cl2N4O.ClH/c1-11-15(9-18(25)22-14-4-3-7-21-10-14)12(2)24(23-11)17-6-5-13(19)8-16(17)20;/h5-6,8,14,21H,3-4,7,9-10H2,1-2H3,(H,22,25);1H/t14-;/m0./s1. The van der Waals surface area contributed by atoms with E-state index in [0.29, 0.717) is 16.5 Å². The van der Waals surface area contributed by atoms with Crippen LogP contribution in [0.3, 0.4) is 0 Å². The van der Waals surface area contributed by atoms with E-state index in [-0.39, 0.29) is 24.4 Å². The van der Waals surface area contributed by atoms with Crippen LogP contribution >= 0.6 is 35.6 Å². The Balaban J connectivity index is 0.00000243. The highest BCUT2D eigenvalue weighted by atomic mass is 35.5. The number of aryl methyl sites for hydroxylation is 1. The van der Waals surface area contributed by atoms with Crippen molar-refractivity contribution in [3.05, 3.63) is 45.2 Å². The summed E-state index contributed by atoms with van der Waals surface area (Å²) in [6.07, 6.45) is 2.44. The van der Waals surface area contributed by atoms with Gasteiger partial charge in [-0.2, -0.15) is 5.10 Å². The Bertz CT molecular complexity index is 785. The summed E-state index contributed by atoms with van der Waals surface area (Å²) in [5, 5.41) is 12.1. The lowest BCUT2D eigenvalue weighted by molar-refractivity contribution is -0.121. The van der Waals surface area contributed by atoms with Gasteiger partial charge in [0.25, 0.3) is 0 Å². The number of hydrogen-bond donors (Lipinski definition) is 2. The highest BCUT2D eigenvalue weighted by molar-refractivity contribution is 6.35. The number of nitrogens with one attached hydrogen (secondary N) is 2. The van der Waals surface area contributed by atoms with Gasteiger partial charge in [0.2, 0.25) is 5.91 Å². The van der Waals surface area contributed by atoms with Crippen molar-refractivity contribution in [2.24, 2.45) is 0 Å². The zero-order valence-corrected chi connectivity index (χ0v) is 17.1. The molecular formula is C18H23Cl3N4O. The minimum atomic E-state index is 0. The van der Waals surface area contributed by atoms with Gasteiger partial charge < -0.3 is 10.6 Å². The van der Waals surface area contributed by atoms with Gasteiger partial charge in [-0.3, -0.25) is 4.79 Å². The van der Waals surface area contributed by atoms with Crippen LogP contribution < -0.4 is 10.6 Å². The minimum absolute atomic E-state index is 0. The maximum Gasteiger partial charge on any atom is 0.224 e. The van der Waals surface area contributed by atoms with E-state index in [1.807, 2.05) is 19.9 Å². The molecule has 3 rings (SSSR count). The molecule has 0 saturated carbocycles. The fourth-order valence-electron chi connectivity index (χ4n) is 3.23. The highest BCUT2D eigenvalue weighted by Crippen LogP contribution is 2.27. The average molecular weight is 418 g/mol. The van der Waals surface area contributed by atoms with Crippen molar-refractivity contribution in [2.75, 3.05) is 13.1 Å². The number of nitrogens with zero attached hydrogens (tertiary/aromatic N) is 2. The number of carbonyl (C=O) groups excluding carboxylic acids is 1. The number of rotatable bonds is 4. The molecule has 0 bridgehead atoms. The lowest BCUT2D eigenvalue weighted by Crippen LogP contribution is -2.46. The summed E-state index contributed by atoms with van der Waals surface area (Å²) in [5.74, 6) is 0.0293. The Hall–Kier alpha value is -1.27. The number of aromatic nitrogens is 2. The van der Waals surface area contributed by atoms with Crippen molar-refractivity contribution in [3.63, 3.8) is 0 Å². The van der Waals surface area contributed by atoms with E-state index in [0.717, 1.165) is 48.6 Å². The molecule has 1 aromatic carbocycles. The fraction of sp³-hybridized carbons (Fsp3) is 0.444. The van der Waals surface area contributed by atoms with Crippen molar-refractivity contribution in [1.82, 2.24) is 20.4 Å². The summed E-state index contributed by atoms with van der Waals surface area (Å²) in [4.78, 5) is 12.4. The first kappa shape index (κ1) is 21.0. The van der Waals surface area contributed by atoms with Crippen LogP contribution in [0.25, 0.3) is 5.69 Å². The molecule has 1 saturated heterocycles. The van der Waals surface area contributed by atoms with E-state index in [1.165, 1.54) is 0 Å². The van der Waals surface area contributed by atoms with Crippen LogP contribution in [0.1, 0.15) is 29.8 Å². The number of amides is 1. The zero-order chi connectivity index (χ0) is 18.0. The number of hydrogen-bond acceptors (Lipinski definition) is 3. The molecule has 1 aromatic heterocycles. The molecule has 2 heterocycles. The summed E-state index contributed by atoms with van der Waals surface area (Å²) in [5.41, 5.74) is 3.45. The zero-order valence-electron chi connectivity index (χ0n) is 14.8. The third-order valence-electron chi connectivity index (χ3n) is 4.58. The summed E-state index contributed by atoms with van der Waals surface area (Å²) >= 11 is 12.3. The Morgan fingerprint density at radius 2 is 2.15 bits per heavy atom. The molecule has 0 aliphatic carbocycles. The van der Waals surface area contributed by atoms with E-state index in [9.17, 15) is 4.79 Å². The molecule has 8 heteroatoms. The van der Waals surface area contributed by atoms with E-state index in [2.05, 4.69) is 15.7 Å². The van der Waals surface area contributed by atoms with Gasteiger partial charge in [-0.1, -0.05) is 23.2 Å².